The van der Waals surface area contributed by atoms with Crippen LogP contribution in [0.1, 0.15) is 23.1 Å². The molecule has 2 aliphatic rings. The molecule has 0 aromatic heterocycles. The summed E-state index contributed by atoms with van der Waals surface area (Å²) in [6, 6.07) is 22.3. The smallest absolute Gasteiger partial charge is 0.310 e. The largest absolute Gasteiger partial charge is 0.493 e. The Kier molecular flexibility index (Phi) is 7.60. The van der Waals surface area contributed by atoms with Gasteiger partial charge in [0.2, 0.25) is 0 Å². The zero-order chi connectivity index (χ0) is 23.9. The number of likely N-dealkylation sites (N-methyl/N-ethyl adjacent to an activating group) is 1. The first-order valence-electron chi connectivity index (χ1n) is 11.4. The van der Waals surface area contributed by atoms with Crippen molar-refractivity contribution in [3.05, 3.63) is 89.5 Å². The van der Waals surface area contributed by atoms with Gasteiger partial charge in [0.1, 0.15) is 12.4 Å². The standard InChI is InChI=1S/C28H29NO5/c1-29-24-15-19-8-11-23(12-9-19)34-27-16-21(10-13-26(27)32-2)14-22(17-25(24)30)28(31)33-18-20-6-4-3-5-7-20/h3-13,16,22,24,29H,14-15,17-18H2,1-2H3/t22-,24+/m1/s1. The lowest BCUT2D eigenvalue weighted by Crippen LogP contribution is -2.38. The molecule has 34 heavy (non-hydrogen) atoms. The second kappa shape index (κ2) is 11.0. The number of fused-ring (bicyclic) bond motifs is 7. The molecule has 4 bridgehead atoms. The van der Waals surface area contributed by atoms with Crippen LogP contribution in [0.2, 0.25) is 0 Å². The van der Waals surface area contributed by atoms with E-state index in [4.69, 9.17) is 14.2 Å². The average Bonchev–Trinajstić information content (AvgIpc) is 2.86. The van der Waals surface area contributed by atoms with E-state index in [2.05, 4.69) is 5.32 Å². The summed E-state index contributed by atoms with van der Waals surface area (Å²) < 4.78 is 17.2. The predicted molar refractivity (Wildman–Crippen MR) is 129 cm³/mol. The molecule has 3 aromatic carbocycles. The minimum absolute atomic E-state index is 0.0183. The van der Waals surface area contributed by atoms with Crippen LogP contribution in [-0.2, 0) is 33.8 Å². The molecule has 2 atom stereocenters. The number of hydrogen-bond donors (Lipinski definition) is 1. The van der Waals surface area contributed by atoms with Gasteiger partial charge in [0.25, 0.3) is 0 Å². The number of nitrogens with one attached hydrogen (secondary N) is 1. The quantitative estimate of drug-likeness (QED) is 0.567. The van der Waals surface area contributed by atoms with E-state index < -0.39 is 12.0 Å². The summed E-state index contributed by atoms with van der Waals surface area (Å²) >= 11 is 0. The lowest BCUT2D eigenvalue weighted by molar-refractivity contribution is -0.151. The van der Waals surface area contributed by atoms with Crippen molar-refractivity contribution in [3.8, 4) is 17.2 Å². The highest BCUT2D eigenvalue weighted by atomic mass is 16.5. The summed E-state index contributed by atoms with van der Waals surface area (Å²) in [4.78, 5) is 26.3. The second-order valence-corrected chi connectivity index (χ2v) is 8.44. The molecule has 0 saturated heterocycles. The molecule has 0 amide bonds. The Morgan fingerprint density at radius 3 is 2.41 bits per heavy atom. The van der Waals surface area contributed by atoms with Crippen molar-refractivity contribution in [3.63, 3.8) is 0 Å². The third-order valence-electron chi connectivity index (χ3n) is 6.04. The number of esters is 1. The maximum Gasteiger partial charge on any atom is 0.310 e. The molecule has 0 saturated carbocycles. The molecule has 2 heterocycles. The molecule has 0 radical (unpaired) electrons. The van der Waals surface area contributed by atoms with Crippen molar-refractivity contribution in [2.24, 2.45) is 5.92 Å². The maximum atomic E-state index is 13.2. The first-order chi connectivity index (χ1) is 16.6. The highest BCUT2D eigenvalue weighted by Gasteiger charge is 2.28. The van der Waals surface area contributed by atoms with E-state index in [1.165, 1.54) is 0 Å². The Morgan fingerprint density at radius 1 is 0.971 bits per heavy atom. The van der Waals surface area contributed by atoms with Gasteiger partial charge in [0.15, 0.2) is 17.3 Å². The van der Waals surface area contributed by atoms with E-state index in [1.807, 2.05) is 72.8 Å². The highest BCUT2D eigenvalue weighted by Crippen LogP contribution is 2.34. The van der Waals surface area contributed by atoms with E-state index >= 15 is 0 Å². The second-order valence-electron chi connectivity index (χ2n) is 8.44. The lowest BCUT2D eigenvalue weighted by Gasteiger charge is -2.21. The molecule has 176 valence electrons. The molecule has 0 aliphatic carbocycles. The van der Waals surface area contributed by atoms with Crippen LogP contribution in [0.5, 0.6) is 17.2 Å². The summed E-state index contributed by atoms with van der Waals surface area (Å²) in [6.45, 7) is 0.169. The van der Waals surface area contributed by atoms with Crippen LogP contribution >= 0.6 is 0 Å². The van der Waals surface area contributed by atoms with Crippen LogP contribution < -0.4 is 14.8 Å². The Balaban J connectivity index is 1.64. The summed E-state index contributed by atoms with van der Waals surface area (Å²) in [7, 11) is 3.35. The Morgan fingerprint density at radius 2 is 1.71 bits per heavy atom. The molecule has 0 fully saturated rings. The molecule has 6 nitrogen and oxygen atoms in total. The van der Waals surface area contributed by atoms with Gasteiger partial charge in [-0.1, -0.05) is 48.5 Å². The van der Waals surface area contributed by atoms with Crippen molar-refractivity contribution < 1.29 is 23.8 Å². The normalized spacial score (nSPS) is 18.0. The van der Waals surface area contributed by atoms with Gasteiger partial charge in [0, 0.05) is 6.42 Å². The Labute approximate surface area is 199 Å². The predicted octanol–water partition coefficient (Wildman–Crippen LogP) is 4.49. The fourth-order valence-electron chi connectivity index (χ4n) is 4.12. The number of benzene rings is 3. The van der Waals surface area contributed by atoms with Gasteiger partial charge < -0.3 is 19.5 Å². The minimum Gasteiger partial charge on any atom is -0.493 e. The number of Topliss-reactive ketones (excluding diaryl/α,β-unsaturated/α-hetero) is 1. The molecule has 6 heteroatoms. The SMILES string of the molecule is CN[C@H]1Cc2ccc(cc2)Oc2cc(ccc2OC)C[C@@H](C(=O)OCc2ccccc2)CC1=O. The molecule has 1 N–H and O–H groups in total. The van der Waals surface area contributed by atoms with Gasteiger partial charge in [-0.05, 0) is 60.8 Å². The fraction of sp³-hybridized carbons (Fsp3) is 0.286. The number of methoxy groups -OCH3 is 1. The van der Waals surface area contributed by atoms with E-state index in [9.17, 15) is 9.59 Å². The van der Waals surface area contributed by atoms with Gasteiger partial charge in [-0.25, -0.2) is 0 Å². The number of carbonyl (C=O) groups excluding carboxylic acids is 2. The van der Waals surface area contributed by atoms with Crippen molar-refractivity contribution in [1.29, 1.82) is 0 Å². The van der Waals surface area contributed by atoms with Crippen LogP contribution in [0.4, 0.5) is 0 Å². The summed E-state index contributed by atoms with van der Waals surface area (Å²) in [5.41, 5.74) is 2.76. The first-order valence-corrected chi connectivity index (χ1v) is 11.4. The summed E-state index contributed by atoms with van der Waals surface area (Å²) in [5, 5.41) is 3.11. The van der Waals surface area contributed by atoms with Crippen LogP contribution in [0.25, 0.3) is 0 Å². The molecule has 3 aromatic rings. The van der Waals surface area contributed by atoms with Gasteiger partial charge in [0.05, 0.1) is 19.1 Å². The molecular weight excluding hydrogens is 430 g/mol. The number of carbonyl (C=O) groups is 2. The third-order valence-corrected chi connectivity index (χ3v) is 6.04. The van der Waals surface area contributed by atoms with Crippen LogP contribution in [-0.4, -0.2) is 32.0 Å². The van der Waals surface area contributed by atoms with Crippen LogP contribution in [0.3, 0.4) is 0 Å². The number of rotatable bonds is 5. The molecular formula is C28H29NO5. The third kappa shape index (κ3) is 5.83. The van der Waals surface area contributed by atoms with E-state index in [0.717, 1.165) is 16.7 Å². The zero-order valence-electron chi connectivity index (χ0n) is 19.5. The monoisotopic (exact) mass is 459 g/mol. The van der Waals surface area contributed by atoms with Gasteiger partial charge in [-0.3, -0.25) is 9.59 Å². The van der Waals surface area contributed by atoms with Gasteiger partial charge in [-0.2, -0.15) is 0 Å². The van der Waals surface area contributed by atoms with Crippen LogP contribution in [0, 0.1) is 5.92 Å². The van der Waals surface area contributed by atoms with Crippen molar-refractivity contribution in [2.45, 2.75) is 31.9 Å². The van der Waals surface area contributed by atoms with E-state index in [-0.39, 0.29) is 24.8 Å². The number of ether oxygens (including phenoxy) is 3. The number of hydrogen-bond acceptors (Lipinski definition) is 6. The molecule has 2 aliphatic heterocycles. The average molecular weight is 460 g/mol. The van der Waals surface area contributed by atoms with Crippen molar-refractivity contribution in [1.82, 2.24) is 5.32 Å². The van der Waals surface area contributed by atoms with E-state index in [1.54, 1.807) is 14.2 Å². The number of ketones is 1. The van der Waals surface area contributed by atoms with Crippen LogP contribution in [0.15, 0.2) is 72.8 Å². The van der Waals surface area contributed by atoms with E-state index in [0.29, 0.717) is 30.1 Å². The maximum absolute atomic E-state index is 13.2. The summed E-state index contributed by atoms with van der Waals surface area (Å²) in [5.74, 6) is 0.797. The van der Waals surface area contributed by atoms with Crippen molar-refractivity contribution >= 4 is 11.8 Å². The molecule has 5 rings (SSSR count). The fourth-order valence-corrected chi connectivity index (χ4v) is 4.12. The summed E-state index contributed by atoms with van der Waals surface area (Å²) in [6.07, 6.45) is 0.961. The first kappa shape index (κ1) is 23.5. The van der Waals surface area contributed by atoms with Gasteiger partial charge in [-0.15, -0.1) is 0 Å². The highest BCUT2D eigenvalue weighted by molar-refractivity contribution is 5.88. The lowest BCUT2D eigenvalue weighted by atomic mass is 9.90. The zero-order valence-corrected chi connectivity index (χ0v) is 19.5. The minimum atomic E-state index is -0.614. The molecule has 0 unspecified atom stereocenters. The molecule has 0 spiro atoms. The topological polar surface area (TPSA) is 73.9 Å². The van der Waals surface area contributed by atoms with Crippen molar-refractivity contribution in [2.75, 3.05) is 14.2 Å². The Hall–Kier alpha value is -3.64. The Bertz CT molecular complexity index is 1130. The van der Waals surface area contributed by atoms with Gasteiger partial charge >= 0.3 is 5.97 Å².